The number of pyridine rings is 1. The normalized spacial score (nSPS) is 11.1. The van der Waals surface area contributed by atoms with Gasteiger partial charge in [0.1, 0.15) is 11.0 Å². The molecule has 0 saturated heterocycles. The van der Waals surface area contributed by atoms with Crippen LogP contribution < -0.4 is 10.6 Å². The predicted octanol–water partition coefficient (Wildman–Crippen LogP) is 2.85. The first kappa shape index (κ1) is 19.4. The summed E-state index contributed by atoms with van der Waals surface area (Å²) in [5.74, 6) is 0.555. The SMILES string of the molecule is CSc1nc(NC(C)C)c2cnn(CCNC(=O)c3ccc(Cl)nc3)c2n1. The van der Waals surface area contributed by atoms with Crippen LogP contribution in [0, 0.1) is 0 Å². The van der Waals surface area contributed by atoms with E-state index in [2.05, 4.69) is 44.5 Å². The molecule has 0 fully saturated rings. The highest BCUT2D eigenvalue weighted by Crippen LogP contribution is 2.23. The topological polar surface area (TPSA) is 97.6 Å². The van der Waals surface area contributed by atoms with Crippen LogP contribution in [-0.4, -0.2) is 49.5 Å². The van der Waals surface area contributed by atoms with E-state index in [1.807, 2.05) is 6.26 Å². The molecule has 3 aromatic heterocycles. The number of anilines is 1. The number of amides is 1. The standard InChI is InChI=1S/C17H20ClN7OS/c1-10(2)22-14-12-9-21-25(15(12)24-17(23-14)27-3)7-6-19-16(26)11-4-5-13(18)20-8-11/h4-5,8-10H,6-7H2,1-3H3,(H,19,26)(H,22,23,24). The molecule has 1 amide bonds. The van der Waals surface area contributed by atoms with E-state index in [0.29, 0.717) is 29.0 Å². The molecule has 0 unspecified atom stereocenters. The number of nitrogens with one attached hydrogen (secondary N) is 2. The van der Waals surface area contributed by atoms with Gasteiger partial charge in [0.2, 0.25) is 0 Å². The van der Waals surface area contributed by atoms with Crippen LogP contribution in [0.25, 0.3) is 11.0 Å². The summed E-state index contributed by atoms with van der Waals surface area (Å²) in [7, 11) is 0. The monoisotopic (exact) mass is 405 g/mol. The van der Waals surface area contributed by atoms with Gasteiger partial charge in [-0.1, -0.05) is 23.4 Å². The first-order valence-corrected chi connectivity index (χ1v) is 10.0. The zero-order valence-electron chi connectivity index (χ0n) is 15.2. The second-order valence-corrected chi connectivity index (χ2v) is 7.25. The Hall–Kier alpha value is -2.39. The van der Waals surface area contributed by atoms with Crippen LogP contribution in [0.1, 0.15) is 24.2 Å². The summed E-state index contributed by atoms with van der Waals surface area (Å²) in [5, 5.41) is 12.5. The Morgan fingerprint density at radius 3 is 2.78 bits per heavy atom. The molecule has 2 N–H and O–H groups in total. The van der Waals surface area contributed by atoms with Crippen LogP contribution in [0.5, 0.6) is 0 Å². The Balaban J connectivity index is 1.73. The van der Waals surface area contributed by atoms with Crippen LogP contribution >= 0.6 is 23.4 Å². The summed E-state index contributed by atoms with van der Waals surface area (Å²) in [6.45, 7) is 5.00. The Kier molecular flexibility index (Phi) is 6.12. The summed E-state index contributed by atoms with van der Waals surface area (Å²) in [6, 6.07) is 3.46. The molecule has 0 radical (unpaired) electrons. The average molecular weight is 406 g/mol. The van der Waals surface area contributed by atoms with Gasteiger partial charge in [-0.15, -0.1) is 0 Å². The molecule has 27 heavy (non-hydrogen) atoms. The molecule has 8 nitrogen and oxygen atoms in total. The number of rotatable bonds is 7. The lowest BCUT2D eigenvalue weighted by Gasteiger charge is -2.11. The molecule has 10 heteroatoms. The van der Waals surface area contributed by atoms with E-state index in [0.717, 1.165) is 16.9 Å². The van der Waals surface area contributed by atoms with E-state index < -0.39 is 0 Å². The van der Waals surface area contributed by atoms with Crippen molar-refractivity contribution in [2.75, 3.05) is 18.1 Å². The molecule has 3 aromatic rings. The van der Waals surface area contributed by atoms with E-state index in [9.17, 15) is 4.79 Å². The van der Waals surface area contributed by atoms with E-state index in [1.54, 1.807) is 23.0 Å². The summed E-state index contributed by atoms with van der Waals surface area (Å²) in [5.41, 5.74) is 1.19. The second-order valence-electron chi connectivity index (χ2n) is 6.09. The maximum Gasteiger partial charge on any atom is 0.252 e. The molecular formula is C17H20ClN7OS. The van der Waals surface area contributed by atoms with Crippen LogP contribution in [0.3, 0.4) is 0 Å². The van der Waals surface area contributed by atoms with Gasteiger partial charge in [0, 0.05) is 18.8 Å². The average Bonchev–Trinajstić information content (AvgIpc) is 3.05. The number of halogens is 1. The lowest BCUT2D eigenvalue weighted by atomic mass is 10.3. The first-order chi connectivity index (χ1) is 13.0. The maximum absolute atomic E-state index is 12.2. The summed E-state index contributed by atoms with van der Waals surface area (Å²) >= 11 is 7.21. The molecule has 0 spiro atoms. The van der Waals surface area contributed by atoms with Crippen molar-refractivity contribution in [2.24, 2.45) is 0 Å². The Morgan fingerprint density at radius 1 is 1.30 bits per heavy atom. The number of fused-ring (bicyclic) bond motifs is 1. The lowest BCUT2D eigenvalue weighted by molar-refractivity contribution is 0.0951. The third-order valence-electron chi connectivity index (χ3n) is 3.68. The van der Waals surface area contributed by atoms with Crippen molar-refractivity contribution in [3.63, 3.8) is 0 Å². The number of carbonyl (C=O) groups excluding carboxylic acids is 1. The molecule has 0 aliphatic heterocycles. The van der Waals surface area contributed by atoms with Crippen LogP contribution in [0.15, 0.2) is 29.7 Å². The Morgan fingerprint density at radius 2 is 2.11 bits per heavy atom. The van der Waals surface area contributed by atoms with Gasteiger partial charge in [-0.3, -0.25) is 4.79 Å². The Labute approximate surface area is 166 Å². The van der Waals surface area contributed by atoms with Crippen LogP contribution in [0.4, 0.5) is 5.82 Å². The molecular weight excluding hydrogens is 386 g/mol. The van der Waals surface area contributed by atoms with Crippen molar-refractivity contribution in [3.05, 3.63) is 35.2 Å². The number of nitrogens with zero attached hydrogens (tertiary/aromatic N) is 5. The van der Waals surface area contributed by atoms with Crippen LogP contribution in [0.2, 0.25) is 5.15 Å². The third-order valence-corrected chi connectivity index (χ3v) is 4.45. The quantitative estimate of drug-likeness (QED) is 0.354. The Bertz CT molecular complexity index is 942. The number of aromatic nitrogens is 5. The minimum Gasteiger partial charge on any atom is -0.367 e. The number of hydrogen-bond acceptors (Lipinski definition) is 7. The molecule has 0 saturated carbocycles. The van der Waals surface area contributed by atoms with Gasteiger partial charge in [0.05, 0.1) is 23.7 Å². The molecule has 0 aromatic carbocycles. The molecule has 0 aliphatic rings. The lowest BCUT2D eigenvalue weighted by Crippen LogP contribution is -2.27. The third kappa shape index (κ3) is 4.67. The molecule has 0 atom stereocenters. The second kappa shape index (κ2) is 8.53. The number of carbonyl (C=O) groups is 1. The van der Waals surface area contributed by atoms with Crippen molar-refractivity contribution >= 4 is 46.1 Å². The van der Waals surface area contributed by atoms with Gasteiger partial charge in [-0.25, -0.2) is 19.6 Å². The van der Waals surface area contributed by atoms with Crippen LogP contribution in [-0.2, 0) is 6.54 Å². The number of thioether (sulfide) groups is 1. The van der Waals surface area contributed by atoms with Crippen molar-refractivity contribution in [1.82, 2.24) is 30.0 Å². The van der Waals surface area contributed by atoms with E-state index >= 15 is 0 Å². The summed E-state index contributed by atoms with van der Waals surface area (Å²) in [4.78, 5) is 25.2. The van der Waals surface area contributed by atoms with Gasteiger partial charge in [0.25, 0.3) is 5.91 Å². The minimum atomic E-state index is -0.211. The van der Waals surface area contributed by atoms with Gasteiger partial charge in [-0.2, -0.15) is 5.10 Å². The molecule has 0 bridgehead atoms. The summed E-state index contributed by atoms with van der Waals surface area (Å²) < 4.78 is 1.77. The largest absolute Gasteiger partial charge is 0.367 e. The van der Waals surface area contributed by atoms with Crippen molar-refractivity contribution in [3.8, 4) is 0 Å². The first-order valence-electron chi connectivity index (χ1n) is 8.41. The van der Waals surface area contributed by atoms with Crippen molar-refractivity contribution in [1.29, 1.82) is 0 Å². The molecule has 3 rings (SSSR count). The summed E-state index contributed by atoms with van der Waals surface area (Å²) in [6.07, 6.45) is 5.12. The fourth-order valence-electron chi connectivity index (χ4n) is 2.46. The van der Waals surface area contributed by atoms with Gasteiger partial charge >= 0.3 is 0 Å². The highest BCUT2D eigenvalue weighted by Gasteiger charge is 2.14. The zero-order chi connectivity index (χ0) is 19.4. The zero-order valence-corrected chi connectivity index (χ0v) is 16.8. The van der Waals surface area contributed by atoms with E-state index in [4.69, 9.17) is 11.6 Å². The predicted molar refractivity (Wildman–Crippen MR) is 107 cm³/mol. The van der Waals surface area contributed by atoms with Gasteiger partial charge in [-0.05, 0) is 32.2 Å². The highest BCUT2D eigenvalue weighted by atomic mass is 35.5. The molecule has 0 aliphatic carbocycles. The minimum absolute atomic E-state index is 0.211. The van der Waals surface area contributed by atoms with Gasteiger partial charge in [0.15, 0.2) is 10.8 Å². The fraction of sp³-hybridized carbons (Fsp3) is 0.353. The number of hydrogen-bond donors (Lipinski definition) is 2. The van der Waals surface area contributed by atoms with E-state index in [1.165, 1.54) is 18.0 Å². The maximum atomic E-state index is 12.2. The smallest absolute Gasteiger partial charge is 0.252 e. The van der Waals surface area contributed by atoms with Gasteiger partial charge < -0.3 is 10.6 Å². The van der Waals surface area contributed by atoms with E-state index in [-0.39, 0.29) is 11.9 Å². The molecule has 142 valence electrons. The fourth-order valence-corrected chi connectivity index (χ4v) is 2.93. The van der Waals surface area contributed by atoms with Crippen molar-refractivity contribution < 1.29 is 4.79 Å². The highest BCUT2D eigenvalue weighted by molar-refractivity contribution is 7.98. The molecule has 3 heterocycles. The van der Waals surface area contributed by atoms with Crippen molar-refractivity contribution in [2.45, 2.75) is 31.6 Å².